The lowest BCUT2D eigenvalue weighted by atomic mass is 9.75. The third-order valence-electron chi connectivity index (χ3n) is 5.02. The van der Waals surface area contributed by atoms with Crippen molar-refractivity contribution in [2.24, 2.45) is 5.41 Å². The number of hydrogen-bond donors (Lipinski definition) is 0. The lowest BCUT2D eigenvalue weighted by Crippen LogP contribution is -2.51. The molecule has 0 N–H and O–H groups in total. The molecule has 2 aromatic rings. The third kappa shape index (κ3) is 4.86. The van der Waals surface area contributed by atoms with Crippen molar-refractivity contribution < 1.29 is 14.3 Å². The average molecular weight is 406 g/mol. The molecule has 0 radical (unpaired) electrons. The van der Waals surface area contributed by atoms with Gasteiger partial charge >= 0.3 is 5.97 Å². The fourth-order valence-corrected chi connectivity index (χ4v) is 3.91. The van der Waals surface area contributed by atoms with E-state index in [4.69, 9.17) is 16.3 Å². The molecule has 28 heavy (non-hydrogen) atoms. The molecule has 1 fully saturated rings. The smallest absolute Gasteiger partial charge is 0.314 e. The Balaban J connectivity index is 1.74. The number of esters is 1. The van der Waals surface area contributed by atoms with Gasteiger partial charge in [-0.2, -0.15) is 0 Å². The van der Waals surface area contributed by atoms with Crippen molar-refractivity contribution in [2.45, 2.75) is 39.2 Å². The maximum atomic E-state index is 12.9. The highest BCUT2D eigenvalue weighted by Crippen LogP contribution is 2.36. The average Bonchev–Trinajstić information content (AvgIpc) is 3.20. The molecule has 1 saturated heterocycles. The lowest BCUT2D eigenvalue weighted by Gasteiger charge is -2.41. The van der Waals surface area contributed by atoms with Gasteiger partial charge in [-0.05, 0) is 54.3 Å². The van der Waals surface area contributed by atoms with E-state index in [1.165, 1.54) is 11.0 Å². The minimum atomic E-state index is -0.761. The minimum Gasteiger partial charge on any atom is -0.466 e. The number of carbonyl (C=O) groups excluding carboxylic acids is 2. The van der Waals surface area contributed by atoms with Crippen molar-refractivity contribution >= 4 is 23.5 Å². The fraction of sp³-hybridized carbons (Fsp3) is 0.526. The summed E-state index contributed by atoms with van der Waals surface area (Å²) >= 11 is 6.12. The Morgan fingerprint density at radius 3 is 2.93 bits per heavy atom. The van der Waals surface area contributed by atoms with E-state index in [0.717, 1.165) is 12.0 Å². The molecule has 1 aliphatic rings. The number of aryl methyl sites for hydroxylation is 1. The Kier molecular flexibility index (Phi) is 6.61. The van der Waals surface area contributed by atoms with E-state index >= 15 is 0 Å². The number of nitrogens with zero attached hydrogens (tertiary/aromatic N) is 5. The van der Waals surface area contributed by atoms with Crippen LogP contribution in [-0.4, -0.2) is 56.7 Å². The maximum absolute atomic E-state index is 12.9. The molecular weight excluding hydrogens is 382 g/mol. The molecule has 1 aromatic heterocycles. The van der Waals surface area contributed by atoms with Crippen LogP contribution in [0.25, 0.3) is 0 Å². The zero-order valence-electron chi connectivity index (χ0n) is 15.9. The Hall–Kier alpha value is -2.48. The molecule has 150 valence electrons. The van der Waals surface area contributed by atoms with Gasteiger partial charge in [0.2, 0.25) is 5.91 Å². The van der Waals surface area contributed by atoms with E-state index in [2.05, 4.69) is 15.5 Å². The zero-order valence-corrected chi connectivity index (χ0v) is 16.6. The van der Waals surface area contributed by atoms with Crippen molar-refractivity contribution in [2.75, 3.05) is 19.7 Å². The molecule has 8 nitrogen and oxygen atoms in total. The number of amides is 1. The second-order valence-electron chi connectivity index (χ2n) is 7.05. The molecule has 0 aliphatic carbocycles. The minimum absolute atomic E-state index is 0.0185. The molecule has 1 atom stereocenters. The lowest BCUT2D eigenvalue weighted by molar-refractivity contribution is -0.160. The number of likely N-dealkylation sites (tertiary alicyclic amines) is 1. The molecule has 0 bridgehead atoms. The highest BCUT2D eigenvalue weighted by Gasteiger charge is 2.44. The number of benzene rings is 1. The summed E-state index contributed by atoms with van der Waals surface area (Å²) in [5, 5.41) is 11.5. The molecular formula is C19H24ClN5O3. The van der Waals surface area contributed by atoms with Crippen LogP contribution < -0.4 is 0 Å². The van der Waals surface area contributed by atoms with E-state index in [-0.39, 0.29) is 18.3 Å². The summed E-state index contributed by atoms with van der Waals surface area (Å²) in [6.45, 7) is 3.48. The highest BCUT2D eigenvalue weighted by atomic mass is 35.5. The molecule has 0 saturated carbocycles. The number of ether oxygens (including phenoxy) is 1. The first-order chi connectivity index (χ1) is 13.5. The number of hydrogen-bond acceptors (Lipinski definition) is 6. The van der Waals surface area contributed by atoms with Crippen molar-refractivity contribution in [1.82, 2.24) is 25.1 Å². The molecule has 2 heterocycles. The van der Waals surface area contributed by atoms with Crippen molar-refractivity contribution in [3.63, 3.8) is 0 Å². The highest BCUT2D eigenvalue weighted by molar-refractivity contribution is 6.30. The molecule has 0 spiro atoms. The van der Waals surface area contributed by atoms with Gasteiger partial charge in [0.15, 0.2) is 0 Å². The molecule has 1 aromatic carbocycles. The van der Waals surface area contributed by atoms with Crippen LogP contribution in [0, 0.1) is 5.41 Å². The van der Waals surface area contributed by atoms with Gasteiger partial charge in [0.25, 0.3) is 0 Å². The van der Waals surface area contributed by atoms with Crippen LogP contribution in [0.4, 0.5) is 0 Å². The molecule has 9 heteroatoms. The van der Waals surface area contributed by atoms with Crippen LogP contribution in [0.1, 0.15) is 31.7 Å². The summed E-state index contributed by atoms with van der Waals surface area (Å²) in [5.74, 6) is -0.275. The first-order valence-electron chi connectivity index (χ1n) is 9.42. The Bertz CT molecular complexity index is 814. The molecule has 3 rings (SSSR count). The standard InChI is InChI=1S/C19H24ClN5O3/c1-2-28-18(27)19(12-15-5-3-6-16(20)11-15)8-4-9-24(13-19)17(26)7-10-25-14-21-22-23-25/h3,5-6,11,14H,2,4,7-10,12-13H2,1H3. The van der Waals surface area contributed by atoms with Crippen molar-refractivity contribution in [1.29, 1.82) is 0 Å². The summed E-state index contributed by atoms with van der Waals surface area (Å²) in [4.78, 5) is 27.4. The van der Waals surface area contributed by atoms with E-state index in [1.54, 1.807) is 17.9 Å². The Labute approximate surface area is 168 Å². The van der Waals surface area contributed by atoms with Gasteiger partial charge in [-0.15, -0.1) is 5.10 Å². The van der Waals surface area contributed by atoms with Crippen LogP contribution in [-0.2, 0) is 27.3 Å². The number of halogens is 1. The number of tetrazole rings is 1. The molecule has 1 amide bonds. The second kappa shape index (κ2) is 9.14. The third-order valence-corrected chi connectivity index (χ3v) is 5.25. The van der Waals surface area contributed by atoms with Gasteiger partial charge in [-0.1, -0.05) is 23.7 Å². The fourth-order valence-electron chi connectivity index (χ4n) is 3.70. The predicted octanol–water partition coefficient (Wildman–Crippen LogP) is 2.13. The van der Waals surface area contributed by atoms with E-state index in [9.17, 15) is 9.59 Å². The van der Waals surface area contributed by atoms with E-state index < -0.39 is 5.41 Å². The number of carbonyl (C=O) groups is 2. The quantitative estimate of drug-likeness (QED) is 0.655. The van der Waals surface area contributed by atoms with Gasteiger partial charge in [-0.25, -0.2) is 4.68 Å². The van der Waals surface area contributed by atoms with Crippen molar-refractivity contribution in [3.05, 3.63) is 41.2 Å². The normalized spacial score (nSPS) is 19.4. The van der Waals surface area contributed by atoms with E-state index in [0.29, 0.717) is 44.1 Å². The molecule has 1 unspecified atom stereocenters. The SMILES string of the molecule is CCOC(=O)C1(Cc2cccc(Cl)c2)CCCN(C(=O)CCn2cnnn2)C1. The topological polar surface area (TPSA) is 90.2 Å². The van der Waals surface area contributed by atoms with Gasteiger partial charge in [0.05, 0.1) is 18.6 Å². The van der Waals surface area contributed by atoms with Gasteiger partial charge in [0.1, 0.15) is 6.33 Å². The van der Waals surface area contributed by atoms with Crippen molar-refractivity contribution in [3.8, 4) is 0 Å². The number of rotatable bonds is 7. The van der Waals surface area contributed by atoms with Gasteiger partial charge in [-0.3, -0.25) is 9.59 Å². The number of piperidine rings is 1. The van der Waals surface area contributed by atoms with Gasteiger partial charge < -0.3 is 9.64 Å². The van der Waals surface area contributed by atoms with Crippen LogP contribution in [0.2, 0.25) is 5.02 Å². The summed E-state index contributed by atoms with van der Waals surface area (Å²) in [5.41, 5.74) is 0.201. The summed E-state index contributed by atoms with van der Waals surface area (Å²) < 4.78 is 6.91. The second-order valence-corrected chi connectivity index (χ2v) is 7.49. The predicted molar refractivity (Wildman–Crippen MR) is 102 cm³/mol. The molecule has 1 aliphatic heterocycles. The summed E-state index contributed by atoms with van der Waals surface area (Å²) in [6, 6.07) is 7.48. The van der Waals surface area contributed by atoms with E-state index in [1.807, 2.05) is 18.2 Å². The van der Waals surface area contributed by atoms with Crippen LogP contribution >= 0.6 is 11.6 Å². The monoisotopic (exact) mass is 405 g/mol. The first-order valence-corrected chi connectivity index (χ1v) is 9.80. The van der Waals surface area contributed by atoms with Crippen LogP contribution in [0.5, 0.6) is 0 Å². The summed E-state index contributed by atoms with van der Waals surface area (Å²) in [7, 11) is 0. The summed E-state index contributed by atoms with van der Waals surface area (Å²) in [6.07, 6.45) is 3.67. The Morgan fingerprint density at radius 2 is 2.21 bits per heavy atom. The maximum Gasteiger partial charge on any atom is 0.314 e. The van der Waals surface area contributed by atoms with Crippen LogP contribution in [0.3, 0.4) is 0 Å². The number of aromatic nitrogens is 4. The zero-order chi connectivity index (χ0) is 20.0. The largest absolute Gasteiger partial charge is 0.466 e. The Morgan fingerprint density at radius 1 is 1.36 bits per heavy atom. The van der Waals surface area contributed by atoms with Gasteiger partial charge in [0, 0.05) is 24.5 Å². The first kappa shape index (κ1) is 20.3. The van der Waals surface area contributed by atoms with Crippen LogP contribution in [0.15, 0.2) is 30.6 Å².